The van der Waals surface area contributed by atoms with Crippen LogP contribution in [0.2, 0.25) is 0 Å². The number of nitrogens with one attached hydrogen (secondary N) is 1. The lowest BCUT2D eigenvalue weighted by atomic mass is 10.1. The maximum atomic E-state index is 11.8. The zero-order valence-electron chi connectivity index (χ0n) is 11.0. The van der Waals surface area contributed by atoms with Crippen molar-refractivity contribution in [3.8, 4) is 0 Å². The van der Waals surface area contributed by atoms with Gasteiger partial charge in [0.2, 0.25) is 0 Å². The van der Waals surface area contributed by atoms with E-state index < -0.39 is 0 Å². The number of ether oxygens (including phenoxy) is 1. The number of fused-ring (bicyclic) bond motifs is 3. The lowest BCUT2D eigenvalue weighted by molar-refractivity contribution is 0.103. The molecule has 0 saturated carbocycles. The Morgan fingerprint density at radius 2 is 2.45 bits per heavy atom. The van der Waals surface area contributed by atoms with Gasteiger partial charge in [0.15, 0.2) is 5.49 Å². The van der Waals surface area contributed by atoms with Crippen molar-refractivity contribution >= 4 is 27.6 Å². The molecule has 0 aliphatic carbocycles. The van der Waals surface area contributed by atoms with Crippen LogP contribution in [0.5, 0.6) is 0 Å². The number of nitrogens with zero attached hydrogens (tertiary/aromatic N) is 3. The molecule has 3 heterocycles. The van der Waals surface area contributed by atoms with Gasteiger partial charge >= 0.3 is 6.09 Å². The molecule has 0 fully saturated rings. The van der Waals surface area contributed by atoms with Gasteiger partial charge < -0.3 is 15.5 Å². The SMILES string of the molecule is CCOC(=O)N1CCc2c(sc3ncn(N)c(=N)c23)C1. The molecule has 0 saturated heterocycles. The number of hydrogen-bond acceptors (Lipinski definition) is 6. The molecule has 2 aromatic rings. The standard InChI is InChI=1S/C12H15N5O2S/c1-2-19-12(18)16-4-3-7-8(5-16)20-11-9(7)10(13)17(14)6-15-11/h6,13H,2-5,14H2,1H3. The summed E-state index contributed by atoms with van der Waals surface area (Å²) < 4.78 is 6.24. The van der Waals surface area contributed by atoms with Gasteiger partial charge in [0.25, 0.3) is 0 Å². The van der Waals surface area contributed by atoms with Crippen LogP contribution >= 0.6 is 11.3 Å². The van der Waals surface area contributed by atoms with Gasteiger partial charge in [-0.1, -0.05) is 0 Å². The van der Waals surface area contributed by atoms with Crippen LogP contribution in [0.1, 0.15) is 17.4 Å². The Bertz CT molecular complexity index is 735. The van der Waals surface area contributed by atoms with E-state index in [9.17, 15) is 4.79 Å². The molecule has 3 rings (SSSR count). The highest BCUT2D eigenvalue weighted by atomic mass is 32.1. The molecule has 8 heteroatoms. The fourth-order valence-corrected chi connectivity index (χ4v) is 3.60. The second-order valence-electron chi connectivity index (χ2n) is 4.55. The van der Waals surface area contributed by atoms with Gasteiger partial charge in [-0.05, 0) is 18.9 Å². The molecule has 3 N–H and O–H groups in total. The van der Waals surface area contributed by atoms with Crippen molar-refractivity contribution in [1.82, 2.24) is 14.6 Å². The highest BCUT2D eigenvalue weighted by Gasteiger charge is 2.26. The van der Waals surface area contributed by atoms with E-state index >= 15 is 0 Å². The summed E-state index contributed by atoms with van der Waals surface area (Å²) in [5.41, 5.74) is 1.35. The van der Waals surface area contributed by atoms with E-state index in [1.54, 1.807) is 11.8 Å². The van der Waals surface area contributed by atoms with Gasteiger partial charge in [-0.2, -0.15) is 0 Å². The fraction of sp³-hybridized carbons (Fsp3) is 0.417. The number of nitrogen functional groups attached to an aromatic ring is 1. The number of carbonyl (C=O) groups is 1. The second kappa shape index (κ2) is 4.78. The first-order chi connectivity index (χ1) is 9.61. The first-order valence-corrected chi connectivity index (χ1v) is 7.16. The zero-order chi connectivity index (χ0) is 14.3. The van der Waals surface area contributed by atoms with Gasteiger partial charge in [-0.3, -0.25) is 5.41 Å². The van der Waals surface area contributed by atoms with Crippen molar-refractivity contribution in [3.63, 3.8) is 0 Å². The molecule has 0 bridgehead atoms. The number of aromatic nitrogens is 2. The Labute approximate surface area is 119 Å². The van der Waals surface area contributed by atoms with E-state index in [1.165, 1.54) is 22.3 Å². The summed E-state index contributed by atoms with van der Waals surface area (Å²) in [6, 6.07) is 0. The summed E-state index contributed by atoms with van der Waals surface area (Å²) >= 11 is 1.51. The molecule has 106 valence electrons. The quantitative estimate of drug-likeness (QED) is 0.760. The van der Waals surface area contributed by atoms with Crippen LogP contribution in [0.3, 0.4) is 0 Å². The van der Waals surface area contributed by atoms with E-state index in [4.69, 9.17) is 16.0 Å². The number of thiophene rings is 1. The minimum Gasteiger partial charge on any atom is -0.450 e. The summed E-state index contributed by atoms with van der Waals surface area (Å²) in [4.78, 5) is 19.6. The minimum absolute atomic E-state index is 0.261. The Hall–Kier alpha value is -2.09. The van der Waals surface area contributed by atoms with Gasteiger partial charge in [0.1, 0.15) is 11.2 Å². The third-order valence-electron chi connectivity index (χ3n) is 3.36. The average molecular weight is 293 g/mol. The first kappa shape index (κ1) is 12.9. The normalized spacial score (nSPS) is 14.3. The topological polar surface area (TPSA) is 97.2 Å². The summed E-state index contributed by atoms with van der Waals surface area (Å²) in [6.07, 6.45) is 1.85. The van der Waals surface area contributed by atoms with Crippen molar-refractivity contribution < 1.29 is 9.53 Å². The molecule has 20 heavy (non-hydrogen) atoms. The van der Waals surface area contributed by atoms with E-state index in [0.29, 0.717) is 26.1 Å². The fourth-order valence-electron chi connectivity index (χ4n) is 2.40. The summed E-state index contributed by atoms with van der Waals surface area (Å²) in [7, 11) is 0. The van der Waals surface area contributed by atoms with Crippen LogP contribution in [-0.4, -0.2) is 33.8 Å². The predicted molar refractivity (Wildman–Crippen MR) is 74.8 cm³/mol. The largest absolute Gasteiger partial charge is 0.450 e. The molecule has 0 atom stereocenters. The summed E-state index contributed by atoms with van der Waals surface area (Å²) in [6.45, 7) is 3.28. The van der Waals surface area contributed by atoms with Gasteiger partial charge in [0.05, 0.1) is 18.5 Å². The Morgan fingerprint density at radius 1 is 1.65 bits per heavy atom. The second-order valence-corrected chi connectivity index (χ2v) is 5.64. The zero-order valence-corrected chi connectivity index (χ0v) is 11.9. The molecule has 0 aromatic carbocycles. The molecular weight excluding hydrogens is 278 g/mol. The monoisotopic (exact) mass is 293 g/mol. The highest BCUT2D eigenvalue weighted by Crippen LogP contribution is 2.32. The van der Waals surface area contributed by atoms with Crippen LogP contribution < -0.4 is 11.3 Å². The predicted octanol–water partition coefficient (Wildman–Crippen LogP) is 0.806. The smallest absolute Gasteiger partial charge is 0.410 e. The van der Waals surface area contributed by atoms with Crippen LogP contribution in [0.25, 0.3) is 10.2 Å². The van der Waals surface area contributed by atoms with Crippen molar-refractivity contribution in [2.75, 3.05) is 19.0 Å². The lowest BCUT2D eigenvalue weighted by Crippen LogP contribution is -2.36. The minimum atomic E-state index is -0.288. The Kier molecular flexibility index (Phi) is 3.09. The van der Waals surface area contributed by atoms with Crippen LogP contribution in [0.15, 0.2) is 6.33 Å². The van der Waals surface area contributed by atoms with Crippen molar-refractivity contribution in [2.45, 2.75) is 19.9 Å². The van der Waals surface area contributed by atoms with Crippen molar-refractivity contribution in [2.24, 2.45) is 0 Å². The number of hydrogen-bond donors (Lipinski definition) is 2. The van der Waals surface area contributed by atoms with E-state index in [0.717, 1.165) is 20.7 Å². The van der Waals surface area contributed by atoms with E-state index in [2.05, 4.69) is 4.98 Å². The van der Waals surface area contributed by atoms with Crippen LogP contribution in [0, 0.1) is 5.41 Å². The highest BCUT2D eigenvalue weighted by molar-refractivity contribution is 7.18. The Balaban J connectivity index is 2.02. The third-order valence-corrected chi connectivity index (χ3v) is 4.48. The van der Waals surface area contributed by atoms with Crippen LogP contribution in [-0.2, 0) is 17.7 Å². The van der Waals surface area contributed by atoms with E-state index in [-0.39, 0.29) is 11.6 Å². The maximum Gasteiger partial charge on any atom is 0.410 e. The number of rotatable bonds is 1. The molecule has 1 aliphatic rings. The lowest BCUT2D eigenvalue weighted by Gasteiger charge is -2.25. The molecule has 2 aromatic heterocycles. The first-order valence-electron chi connectivity index (χ1n) is 6.35. The molecule has 1 amide bonds. The average Bonchev–Trinajstić information content (AvgIpc) is 2.81. The van der Waals surface area contributed by atoms with Crippen LogP contribution in [0.4, 0.5) is 4.79 Å². The molecule has 1 aliphatic heterocycles. The number of carbonyl (C=O) groups excluding carboxylic acids is 1. The van der Waals surface area contributed by atoms with Gasteiger partial charge in [-0.15, -0.1) is 11.3 Å². The van der Waals surface area contributed by atoms with Crippen molar-refractivity contribution in [3.05, 3.63) is 22.3 Å². The molecule has 0 spiro atoms. The van der Waals surface area contributed by atoms with Gasteiger partial charge in [-0.25, -0.2) is 14.5 Å². The summed E-state index contributed by atoms with van der Waals surface area (Å²) in [5.74, 6) is 5.68. The molecule has 0 unspecified atom stereocenters. The van der Waals surface area contributed by atoms with E-state index in [1.807, 2.05) is 0 Å². The maximum absolute atomic E-state index is 11.8. The number of amides is 1. The van der Waals surface area contributed by atoms with Gasteiger partial charge in [0, 0.05) is 11.4 Å². The summed E-state index contributed by atoms with van der Waals surface area (Å²) in [5, 5.41) is 8.85. The molecular formula is C12H15N5O2S. The molecule has 0 radical (unpaired) electrons. The third kappa shape index (κ3) is 1.92. The molecule has 7 nitrogen and oxygen atoms in total. The Morgan fingerprint density at radius 3 is 3.20 bits per heavy atom. The number of nitrogens with two attached hydrogens (primary N) is 1. The van der Waals surface area contributed by atoms with Crippen molar-refractivity contribution in [1.29, 1.82) is 5.41 Å².